The molecule has 0 fully saturated rings. The van der Waals surface area contributed by atoms with Crippen LogP contribution in [0.3, 0.4) is 0 Å². The number of ether oxygens (including phenoxy) is 1. The first kappa shape index (κ1) is 16.1. The van der Waals surface area contributed by atoms with Crippen LogP contribution in [0.5, 0.6) is 5.75 Å². The molecule has 0 spiro atoms. The van der Waals surface area contributed by atoms with E-state index in [9.17, 15) is 5.11 Å². The molecule has 2 unspecified atom stereocenters. The van der Waals surface area contributed by atoms with E-state index in [0.717, 1.165) is 16.9 Å². The van der Waals surface area contributed by atoms with Crippen LogP contribution in [-0.4, -0.2) is 21.4 Å². The average molecular weight is 320 g/mol. The van der Waals surface area contributed by atoms with Crippen LogP contribution < -0.4 is 4.74 Å². The van der Waals surface area contributed by atoms with E-state index in [1.807, 2.05) is 48.5 Å². The van der Waals surface area contributed by atoms with Gasteiger partial charge in [0.15, 0.2) is 0 Å². The van der Waals surface area contributed by atoms with Crippen molar-refractivity contribution < 1.29 is 9.84 Å². The zero-order valence-electron chi connectivity index (χ0n) is 13.5. The summed E-state index contributed by atoms with van der Waals surface area (Å²) in [4.78, 5) is 0. The Labute approximate surface area is 141 Å². The van der Waals surface area contributed by atoms with E-state index < -0.39 is 6.10 Å². The molecule has 4 heteroatoms. The molecule has 0 aliphatic rings. The van der Waals surface area contributed by atoms with Crippen LogP contribution in [0.25, 0.3) is 11.1 Å². The highest BCUT2D eigenvalue weighted by Crippen LogP contribution is 2.28. The van der Waals surface area contributed by atoms with Crippen LogP contribution in [0, 0.1) is 0 Å². The molecule has 0 aliphatic carbocycles. The Bertz CT molecular complexity index is 744. The summed E-state index contributed by atoms with van der Waals surface area (Å²) in [5.74, 6) is 0.761. The lowest BCUT2D eigenvalue weighted by Crippen LogP contribution is -2.14. The van der Waals surface area contributed by atoms with Crippen molar-refractivity contribution >= 4 is 0 Å². The van der Waals surface area contributed by atoms with Gasteiger partial charge in [-0.15, -0.1) is 0 Å². The van der Waals surface area contributed by atoms with Gasteiger partial charge in [0.25, 0.3) is 0 Å². The number of hydrogen-bond donors (Lipinski definition) is 1. The minimum absolute atomic E-state index is 0.261. The first-order valence-electron chi connectivity index (χ1n) is 7.99. The van der Waals surface area contributed by atoms with Crippen molar-refractivity contribution in [2.45, 2.75) is 25.6 Å². The molecule has 0 radical (unpaired) electrons. The van der Waals surface area contributed by atoms with Crippen molar-refractivity contribution in [2.24, 2.45) is 0 Å². The van der Waals surface area contributed by atoms with Crippen LogP contribution in [0.1, 0.15) is 25.0 Å². The van der Waals surface area contributed by atoms with Gasteiger partial charge in [-0.25, -0.2) is 0 Å². The molecule has 2 atom stereocenters. The fourth-order valence-corrected chi connectivity index (χ4v) is 2.57. The Balaban J connectivity index is 1.77. The molecule has 1 aromatic heterocycles. The van der Waals surface area contributed by atoms with Gasteiger partial charge in [-0.05, 0) is 36.2 Å². The van der Waals surface area contributed by atoms with Gasteiger partial charge in [-0.2, -0.15) is 10.2 Å². The third-order valence-electron chi connectivity index (χ3n) is 3.77. The number of aromatic nitrogens is 2. The molecule has 0 aliphatic heterocycles. The Hall–Kier alpha value is -2.72. The van der Waals surface area contributed by atoms with E-state index in [1.54, 1.807) is 19.3 Å². The summed E-state index contributed by atoms with van der Waals surface area (Å²) in [6, 6.07) is 20.0. The van der Waals surface area contributed by atoms with Crippen molar-refractivity contribution in [3.8, 4) is 16.9 Å². The highest BCUT2D eigenvalue weighted by Gasteiger charge is 2.16. The molecule has 0 bridgehead atoms. The zero-order valence-corrected chi connectivity index (χ0v) is 13.5. The average Bonchev–Trinajstić information content (AvgIpc) is 2.63. The first-order chi connectivity index (χ1) is 11.7. The number of benzene rings is 2. The van der Waals surface area contributed by atoms with Crippen molar-refractivity contribution in [3.63, 3.8) is 0 Å². The number of hydrogen-bond acceptors (Lipinski definition) is 4. The van der Waals surface area contributed by atoms with Gasteiger partial charge in [0.05, 0.1) is 12.3 Å². The Morgan fingerprint density at radius 2 is 1.62 bits per heavy atom. The van der Waals surface area contributed by atoms with E-state index in [1.165, 1.54) is 5.56 Å². The van der Waals surface area contributed by atoms with Gasteiger partial charge in [0, 0.05) is 18.2 Å². The van der Waals surface area contributed by atoms with Crippen LogP contribution in [0.15, 0.2) is 73.1 Å². The molecule has 1 heterocycles. The zero-order chi connectivity index (χ0) is 16.8. The van der Waals surface area contributed by atoms with Gasteiger partial charge in [0.1, 0.15) is 11.9 Å². The number of nitrogens with zero attached hydrogens (tertiary/aromatic N) is 2. The predicted octanol–water partition coefficient (Wildman–Crippen LogP) is 4.03. The van der Waals surface area contributed by atoms with Crippen LogP contribution in [0.2, 0.25) is 0 Å². The van der Waals surface area contributed by atoms with Crippen molar-refractivity contribution in [3.05, 3.63) is 78.6 Å². The summed E-state index contributed by atoms with van der Waals surface area (Å²) in [5, 5.41) is 17.4. The summed E-state index contributed by atoms with van der Waals surface area (Å²) >= 11 is 0. The maximum atomic E-state index is 9.74. The van der Waals surface area contributed by atoms with Gasteiger partial charge in [-0.3, -0.25) is 0 Å². The normalized spacial score (nSPS) is 13.2. The lowest BCUT2D eigenvalue weighted by atomic mass is 10.0. The van der Waals surface area contributed by atoms with Crippen LogP contribution in [0.4, 0.5) is 0 Å². The number of aliphatic hydroxyl groups excluding tert-OH is 1. The summed E-state index contributed by atoms with van der Waals surface area (Å²) < 4.78 is 6.07. The van der Waals surface area contributed by atoms with E-state index in [0.29, 0.717) is 6.42 Å². The molecule has 4 nitrogen and oxygen atoms in total. The molecule has 1 N–H and O–H groups in total. The minimum atomic E-state index is -0.466. The highest BCUT2D eigenvalue weighted by molar-refractivity contribution is 5.63. The molecule has 0 saturated carbocycles. The molecule has 0 amide bonds. The highest BCUT2D eigenvalue weighted by atomic mass is 16.5. The lowest BCUT2D eigenvalue weighted by Gasteiger charge is -2.20. The number of aliphatic hydroxyl groups is 1. The quantitative estimate of drug-likeness (QED) is 0.745. The lowest BCUT2D eigenvalue weighted by molar-refractivity contribution is 0.106. The third kappa shape index (κ3) is 4.18. The van der Waals surface area contributed by atoms with E-state index in [-0.39, 0.29) is 6.10 Å². The second-order valence-corrected chi connectivity index (χ2v) is 5.76. The molecule has 3 aromatic rings. The molecular formula is C20H20N2O2. The van der Waals surface area contributed by atoms with E-state index in [4.69, 9.17) is 4.74 Å². The van der Waals surface area contributed by atoms with E-state index >= 15 is 0 Å². The fourth-order valence-electron chi connectivity index (χ4n) is 2.57. The van der Waals surface area contributed by atoms with Gasteiger partial charge < -0.3 is 9.84 Å². The van der Waals surface area contributed by atoms with Crippen LogP contribution in [-0.2, 0) is 0 Å². The topological polar surface area (TPSA) is 55.2 Å². The Kier molecular flexibility index (Phi) is 5.18. The second-order valence-electron chi connectivity index (χ2n) is 5.76. The Morgan fingerprint density at radius 3 is 2.25 bits per heavy atom. The second kappa shape index (κ2) is 7.70. The van der Waals surface area contributed by atoms with Crippen molar-refractivity contribution in [1.29, 1.82) is 0 Å². The van der Waals surface area contributed by atoms with Gasteiger partial charge in [-0.1, -0.05) is 42.5 Å². The molecule has 3 rings (SSSR count). The summed E-state index contributed by atoms with van der Waals surface area (Å²) in [6.45, 7) is 1.75. The fraction of sp³-hybridized carbons (Fsp3) is 0.200. The summed E-state index contributed by atoms with van der Waals surface area (Å²) in [6.07, 6.45) is 3.07. The summed E-state index contributed by atoms with van der Waals surface area (Å²) in [5.41, 5.74) is 3.21. The molecule has 24 heavy (non-hydrogen) atoms. The number of rotatable bonds is 6. The molecule has 2 aromatic carbocycles. The molecule has 0 saturated heterocycles. The standard InChI is InChI=1S/C20H20N2O2/c1-15(23)13-20(18-11-12-21-22-14-18)24-19-9-7-17(8-10-19)16-5-3-2-4-6-16/h2-12,14-15,20,23H,13H2,1H3. The smallest absolute Gasteiger partial charge is 0.128 e. The maximum absolute atomic E-state index is 9.74. The monoisotopic (exact) mass is 320 g/mol. The largest absolute Gasteiger partial charge is 0.486 e. The van der Waals surface area contributed by atoms with E-state index in [2.05, 4.69) is 22.3 Å². The maximum Gasteiger partial charge on any atom is 0.128 e. The predicted molar refractivity (Wildman–Crippen MR) is 93.6 cm³/mol. The third-order valence-corrected chi connectivity index (χ3v) is 3.77. The summed E-state index contributed by atoms with van der Waals surface area (Å²) in [7, 11) is 0. The molecular weight excluding hydrogens is 300 g/mol. The SMILES string of the molecule is CC(O)CC(Oc1ccc(-c2ccccc2)cc1)c1ccnnc1. The Morgan fingerprint density at radius 1 is 0.917 bits per heavy atom. The minimum Gasteiger partial charge on any atom is -0.486 e. The van der Waals surface area contributed by atoms with Crippen molar-refractivity contribution in [2.75, 3.05) is 0 Å². The first-order valence-corrected chi connectivity index (χ1v) is 7.99. The van der Waals surface area contributed by atoms with Gasteiger partial charge in [0.2, 0.25) is 0 Å². The van der Waals surface area contributed by atoms with Crippen molar-refractivity contribution in [1.82, 2.24) is 10.2 Å². The van der Waals surface area contributed by atoms with Gasteiger partial charge >= 0.3 is 0 Å². The van der Waals surface area contributed by atoms with Crippen LogP contribution >= 0.6 is 0 Å². The molecule has 122 valence electrons.